The average Bonchev–Trinajstić information content (AvgIpc) is 2.68. The molecule has 3 rings (SSSR count). The molecule has 113 valence electrons. The first-order chi connectivity index (χ1) is 10.4. The van der Waals surface area contributed by atoms with E-state index in [9.17, 15) is 10.0 Å². The maximum Gasteiger partial charge on any atom is 0.340 e. The second-order valence-corrected chi connectivity index (χ2v) is 6.14. The highest BCUT2D eigenvalue weighted by atomic mass is 16.6. The molecular formula is C18H18NO3. The zero-order valence-electron chi connectivity index (χ0n) is 12.9. The Bertz CT molecular complexity index is 711. The molecule has 0 aromatic heterocycles. The lowest BCUT2D eigenvalue weighted by Gasteiger charge is -2.34. The van der Waals surface area contributed by atoms with Crippen molar-refractivity contribution in [2.75, 3.05) is 0 Å². The molecule has 1 aliphatic rings. The van der Waals surface area contributed by atoms with Crippen molar-refractivity contribution in [1.82, 2.24) is 5.06 Å². The van der Waals surface area contributed by atoms with E-state index in [4.69, 9.17) is 4.74 Å². The van der Waals surface area contributed by atoms with Crippen molar-refractivity contribution in [2.24, 2.45) is 0 Å². The smallest absolute Gasteiger partial charge is 0.340 e. The number of nitrogens with zero attached hydrogens (tertiary/aromatic N) is 1. The highest BCUT2D eigenvalue weighted by Crippen LogP contribution is 2.49. The van der Waals surface area contributed by atoms with Crippen molar-refractivity contribution in [3.8, 4) is 0 Å². The Labute approximate surface area is 129 Å². The van der Waals surface area contributed by atoms with Crippen LogP contribution in [0.1, 0.15) is 42.3 Å². The van der Waals surface area contributed by atoms with E-state index in [-0.39, 0.29) is 0 Å². The third-order valence-corrected chi connectivity index (χ3v) is 4.28. The summed E-state index contributed by atoms with van der Waals surface area (Å²) < 4.78 is 5.63. The van der Waals surface area contributed by atoms with E-state index in [0.717, 1.165) is 16.2 Å². The Hall–Kier alpha value is -2.17. The normalized spacial score (nSPS) is 23.1. The number of ether oxygens (including phenoxy) is 1. The molecule has 4 heteroatoms. The molecule has 1 aliphatic heterocycles. The molecule has 1 unspecified atom stereocenters. The van der Waals surface area contributed by atoms with E-state index < -0.39 is 17.2 Å². The predicted octanol–water partition coefficient (Wildman–Crippen LogP) is 3.61. The topological polar surface area (TPSA) is 49.4 Å². The monoisotopic (exact) mass is 296 g/mol. The van der Waals surface area contributed by atoms with Crippen LogP contribution in [-0.2, 0) is 21.2 Å². The largest absolute Gasteiger partial charge is 0.434 e. The SMILES string of the molecule is CC1(C)c2ccccc2C(C)(OC(=O)c2ccccc2)N1[O]. The van der Waals surface area contributed by atoms with Gasteiger partial charge in [-0.1, -0.05) is 47.5 Å². The number of fused-ring (bicyclic) bond motifs is 1. The predicted molar refractivity (Wildman–Crippen MR) is 81.2 cm³/mol. The highest BCUT2D eigenvalue weighted by molar-refractivity contribution is 5.89. The Morgan fingerprint density at radius 1 is 0.909 bits per heavy atom. The molecule has 2 aromatic carbocycles. The number of hydrogen-bond acceptors (Lipinski definition) is 3. The van der Waals surface area contributed by atoms with Crippen LogP contribution in [-0.4, -0.2) is 11.0 Å². The molecule has 1 atom stereocenters. The van der Waals surface area contributed by atoms with Gasteiger partial charge in [-0.15, -0.1) is 5.21 Å². The molecule has 0 saturated carbocycles. The first-order valence-corrected chi connectivity index (χ1v) is 7.23. The van der Waals surface area contributed by atoms with Gasteiger partial charge in [0.15, 0.2) is 0 Å². The van der Waals surface area contributed by atoms with Crippen molar-refractivity contribution >= 4 is 5.97 Å². The van der Waals surface area contributed by atoms with Gasteiger partial charge in [-0.05, 0) is 38.5 Å². The molecular weight excluding hydrogens is 278 g/mol. The van der Waals surface area contributed by atoms with Gasteiger partial charge < -0.3 is 4.74 Å². The molecule has 1 radical (unpaired) electrons. The highest BCUT2D eigenvalue weighted by Gasteiger charge is 2.55. The summed E-state index contributed by atoms with van der Waals surface area (Å²) in [4.78, 5) is 12.4. The van der Waals surface area contributed by atoms with Crippen LogP contribution in [0.25, 0.3) is 0 Å². The molecule has 1 heterocycles. The van der Waals surface area contributed by atoms with Crippen molar-refractivity contribution in [1.29, 1.82) is 0 Å². The van der Waals surface area contributed by atoms with Gasteiger partial charge in [0.25, 0.3) is 0 Å². The summed E-state index contributed by atoms with van der Waals surface area (Å²) in [6, 6.07) is 16.2. The van der Waals surface area contributed by atoms with Crippen LogP contribution in [0.15, 0.2) is 54.6 Å². The first-order valence-electron chi connectivity index (χ1n) is 7.23. The van der Waals surface area contributed by atoms with Crippen molar-refractivity contribution in [2.45, 2.75) is 32.0 Å². The maximum atomic E-state index is 12.8. The second-order valence-electron chi connectivity index (χ2n) is 6.14. The lowest BCUT2D eigenvalue weighted by atomic mass is 9.93. The quantitative estimate of drug-likeness (QED) is 0.795. The molecule has 0 spiro atoms. The fourth-order valence-electron chi connectivity index (χ4n) is 3.08. The lowest BCUT2D eigenvalue weighted by Crippen LogP contribution is -2.46. The molecule has 0 aliphatic carbocycles. The van der Waals surface area contributed by atoms with Gasteiger partial charge in [0.05, 0.1) is 11.1 Å². The fraction of sp³-hybridized carbons (Fsp3) is 0.278. The Balaban J connectivity index is 2.01. The van der Waals surface area contributed by atoms with Crippen LogP contribution < -0.4 is 0 Å². The van der Waals surface area contributed by atoms with E-state index in [1.54, 1.807) is 31.2 Å². The number of rotatable bonds is 2. The lowest BCUT2D eigenvalue weighted by molar-refractivity contribution is -0.329. The number of carbonyl (C=O) groups excluding carboxylic acids is 1. The van der Waals surface area contributed by atoms with E-state index in [2.05, 4.69) is 0 Å². The van der Waals surface area contributed by atoms with Crippen LogP contribution in [0.2, 0.25) is 0 Å². The molecule has 0 bridgehead atoms. The molecule has 0 amide bonds. The second kappa shape index (κ2) is 4.93. The molecule has 2 aromatic rings. The minimum Gasteiger partial charge on any atom is -0.434 e. The summed E-state index contributed by atoms with van der Waals surface area (Å²) in [5, 5.41) is 13.7. The zero-order valence-corrected chi connectivity index (χ0v) is 12.9. The summed E-state index contributed by atoms with van der Waals surface area (Å²) in [6.07, 6.45) is 0. The third-order valence-electron chi connectivity index (χ3n) is 4.28. The van der Waals surface area contributed by atoms with Crippen molar-refractivity contribution in [3.63, 3.8) is 0 Å². The number of benzene rings is 2. The van der Waals surface area contributed by atoms with Crippen LogP contribution >= 0.6 is 0 Å². The van der Waals surface area contributed by atoms with Gasteiger partial charge in [0, 0.05) is 5.56 Å². The van der Waals surface area contributed by atoms with Gasteiger partial charge in [0.2, 0.25) is 5.72 Å². The zero-order chi connectivity index (χ0) is 16.0. The summed E-state index contributed by atoms with van der Waals surface area (Å²) in [6.45, 7) is 5.31. The molecule has 4 nitrogen and oxygen atoms in total. The minimum absolute atomic E-state index is 0.430. The maximum absolute atomic E-state index is 12.8. The summed E-state index contributed by atoms with van der Waals surface area (Å²) in [7, 11) is 0. The molecule has 22 heavy (non-hydrogen) atoms. The summed E-state index contributed by atoms with van der Waals surface area (Å²) in [5.74, 6) is -0.503. The molecule has 0 saturated heterocycles. The van der Waals surface area contributed by atoms with Crippen molar-refractivity contribution < 1.29 is 14.7 Å². The van der Waals surface area contributed by atoms with Gasteiger partial charge >= 0.3 is 5.97 Å². The summed E-state index contributed by atoms with van der Waals surface area (Å²) >= 11 is 0. The minimum atomic E-state index is -1.33. The van der Waals surface area contributed by atoms with Crippen LogP contribution in [0.5, 0.6) is 0 Å². The number of hydrogen-bond donors (Lipinski definition) is 0. The third kappa shape index (κ3) is 2.03. The van der Waals surface area contributed by atoms with Gasteiger partial charge in [-0.2, -0.15) is 0 Å². The van der Waals surface area contributed by atoms with Gasteiger partial charge in [0.1, 0.15) is 0 Å². The van der Waals surface area contributed by atoms with Crippen LogP contribution in [0.4, 0.5) is 0 Å². The average molecular weight is 296 g/mol. The molecule has 0 N–H and O–H groups in total. The standard InChI is InChI=1S/C18H18NO3/c1-17(2)14-11-7-8-12-15(14)18(3,19(17)21)22-16(20)13-9-5-4-6-10-13/h4-12H,1-3H3. The number of carbonyl (C=O) groups is 1. The summed E-state index contributed by atoms with van der Waals surface area (Å²) in [5.41, 5.74) is -0.0260. The van der Waals surface area contributed by atoms with Gasteiger partial charge in [-0.3, -0.25) is 0 Å². The van der Waals surface area contributed by atoms with Gasteiger partial charge in [-0.25, -0.2) is 4.79 Å². The van der Waals surface area contributed by atoms with Crippen LogP contribution in [0.3, 0.4) is 0 Å². The van der Waals surface area contributed by atoms with E-state index in [0.29, 0.717) is 5.56 Å². The Morgan fingerprint density at radius 2 is 1.45 bits per heavy atom. The Morgan fingerprint density at radius 3 is 2.09 bits per heavy atom. The number of esters is 1. The van der Waals surface area contributed by atoms with E-state index in [1.165, 1.54) is 0 Å². The van der Waals surface area contributed by atoms with E-state index in [1.807, 2.05) is 44.2 Å². The number of hydroxylamine groups is 2. The van der Waals surface area contributed by atoms with Crippen LogP contribution in [0, 0.1) is 0 Å². The van der Waals surface area contributed by atoms with Crippen molar-refractivity contribution in [3.05, 3.63) is 71.3 Å². The van der Waals surface area contributed by atoms with E-state index >= 15 is 0 Å². The fourth-order valence-corrected chi connectivity index (χ4v) is 3.08. The molecule has 0 fully saturated rings. The first kappa shape index (κ1) is 14.8. The Kier molecular flexibility index (Phi) is 3.31.